The second kappa shape index (κ2) is 14.1. The highest BCUT2D eigenvalue weighted by atomic mass is 32.2. The molecular weight excluding hydrogens is 454 g/mol. The number of aryl methyl sites for hydroxylation is 1. The number of carbonyl (C=O) groups excluding carboxylic acids is 1. The highest BCUT2D eigenvalue weighted by Gasteiger charge is 2.11. The molecule has 0 fully saturated rings. The minimum Gasteiger partial charge on any atom is -0.744 e. The number of aliphatic hydroxyl groups is 1. The molecule has 32 heavy (non-hydrogen) atoms. The van der Waals surface area contributed by atoms with Gasteiger partial charge < -0.3 is 24.4 Å². The third kappa shape index (κ3) is 12.1. The van der Waals surface area contributed by atoms with Gasteiger partial charge in [-0.1, -0.05) is 17.7 Å². The Hall–Kier alpha value is -2.11. The van der Waals surface area contributed by atoms with Gasteiger partial charge in [0, 0.05) is 12.3 Å². The normalized spacial score (nSPS) is 12.0. The van der Waals surface area contributed by atoms with Crippen molar-refractivity contribution in [3.63, 3.8) is 0 Å². The first kappa shape index (κ1) is 27.9. The molecule has 0 bridgehead atoms. The van der Waals surface area contributed by atoms with Crippen molar-refractivity contribution in [3.05, 3.63) is 54.1 Å². The van der Waals surface area contributed by atoms with Gasteiger partial charge in [0.1, 0.15) is 28.6 Å². The first-order valence-corrected chi connectivity index (χ1v) is 13.5. The van der Waals surface area contributed by atoms with Crippen LogP contribution in [0.3, 0.4) is 0 Å². The molecule has 10 heteroatoms. The van der Waals surface area contributed by atoms with E-state index in [1.807, 2.05) is 26.4 Å². The van der Waals surface area contributed by atoms with E-state index in [1.165, 1.54) is 12.1 Å². The quantitative estimate of drug-likeness (QED) is 0.390. The summed E-state index contributed by atoms with van der Waals surface area (Å²) in [6.07, 6.45) is 3.42. The Morgan fingerprint density at radius 3 is 2.19 bits per heavy atom. The van der Waals surface area contributed by atoms with Crippen molar-refractivity contribution in [2.24, 2.45) is 0 Å². The van der Waals surface area contributed by atoms with Crippen LogP contribution in [0.25, 0.3) is 0 Å². The van der Waals surface area contributed by atoms with Gasteiger partial charge in [-0.2, -0.15) is 0 Å². The second-order valence-electron chi connectivity index (χ2n) is 7.09. The molecular formula is C22H31NO7S2. The minimum atomic E-state index is -4.27. The van der Waals surface area contributed by atoms with Crippen molar-refractivity contribution >= 4 is 32.6 Å². The van der Waals surface area contributed by atoms with Crippen LogP contribution in [-0.2, 0) is 30.5 Å². The number of hydrogen-bond donors (Lipinski definition) is 2. The van der Waals surface area contributed by atoms with E-state index in [2.05, 4.69) is 5.32 Å². The van der Waals surface area contributed by atoms with E-state index < -0.39 is 16.2 Å². The van der Waals surface area contributed by atoms with Crippen molar-refractivity contribution < 1.29 is 32.3 Å². The number of benzene rings is 2. The van der Waals surface area contributed by atoms with Gasteiger partial charge in [0.2, 0.25) is 0 Å². The Balaban J connectivity index is 0.000000389. The molecule has 2 aromatic carbocycles. The molecule has 0 saturated carbocycles. The molecule has 0 spiro atoms. The Kier molecular flexibility index (Phi) is 12.3. The number of ether oxygens (including phenoxy) is 2. The van der Waals surface area contributed by atoms with E-state index in [9.17, 15) is 22.9 Å². The van der Waals surface area contributed by atoms with Gasteiger partial charge in [-0.25, -0.2) is 8.42 Å². The van der Waals surface area contributed by atoms with Gasteiger partial charge in [-0.15, -0.1) is 0 Å². The zero-order chi connectivity index (χ0) is 24.1. The largest absolute Gasteiger partial charge is 0.744 e. The lowest BCUT2D eigenvalue weighted by Crippen LogP contribution is -2.23. The summed E-state index contributed by atoms with van der Waals surface area (Å²) in [6, 6.07) is 12.9. The fourth-order valence-electron chi connectivity index (χ4n) is 2.29. The fourth-order valence-corrected chi connectivity index (χ4v) is 3.36. The zero-order valence-corrected chi connectivity index (χ0v) is 20.4. The number of hydrogen-bond acceptors (Lipinski definition) is 7. The maximum absolute atomic E-state index is 11.6. The average molecular weight is 486 g/mol. The number of anilines is 1. The van der Waals surface area contributed by atoms with Crippen LogP contribution in [0.15, 0.2) is 53.4 Å². The summed E-state index contributed by atoms with van der Waals surface area (Å²) in [6.45, 7) is 4.71. The van der Waals surface area contributed by atoms with Crippen molar-refractivity contribution in [1.29, 1.82) is 0 Å². The number of rotatable bonds is 10. The summed E-state index contributed by atoms with van der Waals surface area (Å²) in [4.78, 5) is 11.5. The van der Waals surface area contributed by atoms with Gasteiger partial charge in [-0.05, 0) is 61.1 Å². The smallest absolute Gasteiger partial charge is 0.274 e. The fraction of sp³-hybridized carbons (Fsp3) is 0.409. The number of nitrogens with one attached hydrogen (secondary N) is 1. The molecule has 8 nitrogen and oxygen atoms in total. The van der Waals surface area contributed by atoms with Crippen LogP contribution in [-0.4, -0.2) is 68.2 Å². The van der Waals surface area contributed by atoms with Gasteiger partial charge >= 0.3 is 0 Å². The lowest BCUT2D eigenvalue weighted by atomic mass is 10.2. The Morgan fingerprint density at radius 2 is 1.69 bits per heavy atom. The molecule has 0 heterocycles. The topological polar surface area (TPSA) is 125 Å². The predicted molar refractivity (Wildman–Crippen MR) is 126 cm³/mol. The Morgan fingerprint density at radius 1 is 1.09 bits per heavy atom. The van der Waals surface area contributed by atoms with Gasteiger partial charge in [-0.3, -0.25) is 4.79 Å². The Bertz CT molecular complexity index is 914. The van der Waals surface area contributed by atoms with Crippen molar-refractivity contribution in [2.75, 3.05) is 43.4 Å². The standard InChI is InChI=1S/C15H23NO4S.C7H8O3S/c1-4-19-9-13(17)10-20-14-7-5-12(6-8-14)16-15(18)11-21(2)3;1-6-2-4-7(5-3-6)11(8,9)10/h5-8,13,17H,4,9-11H2,1-3H3;2-5H,1H3,(H,8,9,10). The molecule has 2 N–H and O–H groups in total. The SMILES string of the molecule is CCOCC(O)COc1ccc(NC(=O)C[S+](C)C)cc1.Cc1ccc(S(=O)(=O)[O-])cc1. The Labute approximate surface area is 193 Å². The zero-order valence-electron chi connectivity index (χ0n) is 18.7. The van der Waals surface area contributed by atoms with Crippen LogP contribution in [0.1, 0.15) is 12.5 Å². The maximum atomic E-state index is 11.6. The van der Waals surface area contributed by atoms with Gasteiger partial charge in [0.25, 0.3) is 5.91 Å². The van der Waals surface area contributed by atoms with E-state index in [1.54, 1.807) is 36.4 Å². The van der Waals surface area contributed by atoms with Crippen LogP contribution in [0.2, 0.25) is 0 Å². The summed E-state index contributed by atoms with van der Waals surface area (Å²) in [5.74, 6) is 1.19. The highest BCUT2D eigenvalue weighted by molar-refractivity contribution is 7.96. The molecule has 1 amide bonds. The van der Waals surface area contributed by atoms with E-state index in [-0.39, 0.29) is 34.9 Å². The molecule has 0 aromatic heterocycles. The lowest BCUT2D eigenvalue weighted by molar-refractivity contribution is -0.113. The molecule has 1 atom stereocenters. The molecule has 0 aliphatic rings. The first-order chi connectivity index (χ1) is 15.0. The second-order valence-corrected chi connectivity index (χ2v) is 10.7. The van der Waals surface area contributed by atoms with Gasteiger partial charge in [0.15, 0.2) is 5.75 Å². The molecule has 0 radical (unpaired) electrons. The average Bonchev–Trinajstić information content (AvgIpc) is 2.71. The summed E-state index contributed by atoms with van der Waals surface area (Å²) in [5, 5.41) is 12.4. The van der Waals surface area contributed by atoms with Crippen LogP contribution < -0.4 is 10.1 Å². The highest BCUT2D eigenvalue weighted by Crippen LogP contribution is 2.16. The van der Waals surface area contributed by atoms with Gasteiger partial charge in [0.05, 0.1) is 24.0 Å². The third-order valence-corrected chi connectivity index (χ3v) is 5.51. The summed E-state index contributed by atoms with van der Waals surface area (Å²) in [5.41, 5.74) is 1.67. The van der Waals surface area contributed by atoms with Crippen LogP contribution in [0.5, 0.6) is 5.75 Å². The molecule has 178 valence electrons. The first-order valence-electron chi connectivity index (χ1n) is 9.86. The van der Waals surface area contributed by atoms with Crippen LogP contribution >= 0.6 is 0 Å². The molecule has 0 aliphatic heterocycles. The van der Waals surface area contributed by atoms with E-state index in [0.29, 0.717) is 18.1 Å². The number of aliphatic hydroxyl groups excluding tert-OH is 1. The third-order valence-electron chi connectivity index (χ3n) is 3.82. The van der Waals surface area contributed by atoms with E-state index in [4.69, 9.17) is 9.47 Å². The van der Waals surface area contributed by atoms with E-state index >= 15 is 0 Å². The molecule has 0 aliphatic carbocycles. The van der Waals surface area contributed by atoms with Crippen molar-refractivity contribution in [1.82, 2.24) is 0 Å². The van der Waals surface area contributed by atoms with Crippen LogP contribution in [0, 0.1) is 6.92 Å². The van der Waals surface area contributed by atoms with Crippen molar-refractivity contribution in [3.8, 4) is 5.75 Å². The van der Waals surface area contributed by atoms with Crippen LogP contribution in [0.4, 0.5) is 5.69 Å². The molecule has 2 aromatic rings. The minimum absolute atomic E-state index is 0.0177. The maximum Gasteiger partial charge on any atom is 0.274 e. The predicted octanol–water partition coefficient (Wildman–Crippen LogP) is 2.18. The summed E-state index contributed by atoms with van der Waals surface area (Å²) < 4.78 is 41.7. The molecule has 1 unspecified atom stereocenters. The number of carbonyl (C=O) groups is 1. The molecule has 0 saturated heterocycles. The molecule has 2 rings (SSSR count). The monoisotopic (exact) mass is 485 g/mol. The summed E-state index contributed by atoms with van der Waals surface area (Å²) in [7, 11) is -4.18. The summed E-state index contributed by atoms with van der Waals surface area (Å²) >= 11 is 0. The van der Waals surface area contributed by atoms with Crippen molar-refractivity contribution in [2.45, 2.75) is 24.8 Å². The van der Waals surface area contributed by atoms with E-state index in [0.717, 1.165) is 11.3 Å². The number of amides is 1. The lowest BCUT2D eigenvalue weighted by Gasteiger charge is -2.12.